The van der Waals surface area contributed by atoms with Crippen LogP contribution in [0.25, 0.3) is 0 Å². The molecular weight excluding hydrogens is 218 g/mol. The summed E-state index contributed by atoms with van der Waals surface area (Å²) in [5.74, 6) is 2.77. The normalized spacial score (nSPS) is 28.2. The maximum atomic E-state index is 2.53. The zero-order valence-corrected chi connectivity index (χ0v) is 13.6. The Bertz CT molecular complexity index is 234. The van der Waals surface area contributed by atoms with Gasteiger partial charge < -0.3 is 4.90 Å². The summed E-state index contributed by atoms with van der Waals surface area (Å²) in [6.45, 7) is 14.7. The monoisotopic (exact) mass is 253 g/mol. The van der Waals surface area contributed by atoms with Crippen LogP contribution in [0.15, 0.2) is 0 Å². The van der Waals surface area contributed by atoms with Gasteiger partial charge in [0.05, 0.1) is 0 Å². The lowest BCUT2D eigenvalue weighted by Crippen LogP contribution is -2.46. The summed E-state index contributed by atoms with van der Waals surface area (Å²) in [7, 11) is 2.29. The Kier molecular flexibility index (Phi) is 6.17. The van der Waals surface area contributed by atoms with E-state index in [4.69, 9.17) is 0 Å². The molecule has 0 amide bonds. The summed E-state index contributed by atoms with van der Waals surface area (Å²) in [5, 5.41) is 0. The average molecular weight is 253 g/mol. The van der Waals surface area contributed by atoms with Crippen molar-refractivity contribution in [1.29, 1.82) is 0 Å². The number of unbranched alkanes of at least 4 members (excludes halogenated alkanes) is 2. The first-order valence-electron chi connectivity index (χ1n) is 8.08. The third kappa shape index (κ3) is 3.98. The molecule has 1 saturated carbocycles. The summed E-state index contributed by atoms with van der Waals surface area (Å²) < 4.78 is 0. The smallest absolute Gasteiger partial charge is 0.00191 e. The number of rotatable bonds is 8. The number of nitrogens with zero attached hydrogens (tertiary/aromatic N) is 1. The first-order valence-corrected chi connectivity index (χ1v) is 8.08. The molecule has 108 valence electrons. The van der Waals surface area contributed by atoms with Crippen molar-refractivity contribution in [3.63, 3.8) is 0 Å². The van der Waals surface area contributed by atoms with E-state index in [1.807, 2.05) is 0 Å². The molecule has 0 aliphatic heterocycles. The zero-order chi connectivity index (χ0) is 13.8. The Morgan fingerprint density at radius 1 is 1.22 bits per heavy atom. The highest BCUT2D eigenvalue weighted by molar-refractivity contribution is 4.96. The highest BCUT2D eigenvalue weighted by Crippen LogP contribution is 2.54. The van der Waals surface area contributed by atoms with Crippen LogP contribution in [0.4, 0.5) is 0 Å². The number of hydrogen-bond acceptors (Lipinski definition) is 1. The van der Waals surface area contributed by atoms with Crippen LogP contribution in [0.1, 0.15) is 66.7 Å². The average Bonchev–Trinajstić information content (AvgIpc) is 2.33. The molecule has 1 aliphatic rings. The largest absolute Gasteiger partial charge is 0.306 e. The first kappa shape index (κ1) is 16.0. The van der Waals surface area contributed by atoms with E-state index >= 15 is 0 Å². The fourth-order valence-electron chi connectivity index (χ4n) is 3.53. The van der Waals surface area contributed by atoms with Crippen LogP contribution in [-0.4, -0.2) is 25.0 Å². The molecule has 0 radical (unpaired) electrons. The standard InChI is InChI=1S/C17H35N/c1-7-8-9-11-18(6)12-10-14(2)16-13-15(3)17(16,4)5/h14-16H,7-13H2,1-6H3. The second-order valence-electron chi connectivity index (χ2n) is 7.34. The Balaban J connectivity index is 2.19. The van der Waals surface area contributed by atoms with Crippen molar-refractivity contribution in [3.8, 4) is 0 Å². The fourth-order valence-corrected chi connectivity index (χ4v) is 3.53. The maximum Gasteiger partial charge on any atom is -0.00191 e. The topological polar surface area (TPSA) is 3.24 Å². The van der Waals surface area contributed by atoms with Crippen molar-refractivity contribution in [2.45, 2.75) is 66.7 Å². The van der Waals surface area contributed by atoms with E-state index in [1.165, 1.54) is 45.2 Å². The van der Waals surface area contributed by atoms with Crippen LogP contribution in [0, 0.1) is 23.2 Å². The van der Waals surface area contributed by atoms with Crippen molar-refractivity contribution in [1.82, 2.24) is 4.90 Å². The lowest BCUT2D eigenvalue weighted by Gasteiger charge is -2.54. The van der Waals surface area contributed by atoms with Gasteiger partial charge in [0, 0.05) is 0 Å². The van der Waals surface area contributed by atoms with Gasteiger partial charge in [0.25, 0.3) is 0 Å². The molecule has 1 heteroatoms. The molecule has 0 aromatic heterocycles. The fraction of sp³-hybridized carbons (Fsp3) is 1.00. The SMILES string of the molecule is CCCCCN(C)CCC(C)C1CC(C)C1(C)C. The van der Waals surface area contributed by atoms with Gasteiger partial charge in [-0.1, -0.05) is 47.5 Å². The molecule has 1 fully saturated rings. The molecule has 3 unspecified atom stereocenters. The molecular formula is C17H35N. The highest BCUT2D eigenvalue weighted by atomic mass is 15.1. The summed E-state index contributed by atoms with van der Waals surface area (Å²) in [5.41, 5.74) is 0.584. The van der Waals surface area contributed by atoms with E-state index in [1.54, 1.807) is 0 Å². The minimum Gasteiger partial charge on any atom is -0.306 e. The molecule has 18 heavy (non-hydrogen) atoms. The van der Waals surface area contributed by atoms with Crippen LogP contribution >= 0.6 is 0 Å². The maximum absolute atomic E-state index is 2.53. The molecule has 0 aromatic carbocycles. The van der Waals surface area contributed by atoms with Gasteiger partial charge >= 0.3 is 0 Å². The molecule has 0 bridgehead atoms. The van der Waals surface area contributed by atoms with Crippen molar-refractivity contribution < 1.29 is 0 Å². The second-order valence-corrected chi connectivity index (χ2v) is 7.34. The Labute approximate surface area is 115 Å². The van der Waals surface area contributed by atoms with Crippen LogP contribution < -0.4 is 0 Å². The lowest BCUT2D eigenvalue weighted by molar-refractivity contribution is -0.0458. The van der Waals surface area contributed by atoms with E-state index in [-0.39, 0.29) is 0 Å². The van der Waals surface area contributed by atoms with Crippen molar-refractivity contribution in [2.24, 2.45) is 23.2 Å². The van der Waals surface area contributed by atoms with E-state index in [0.29, 0.717) is 5.41 Å². The highest BCUT2D eigenvalue weighted by Gasteiger charge is 2.47. The third-order valence-electron chi connectivity index (χ3n) is 5.63. The molecule has 0 saturated heterocycles. The predicted octanol–water partition coefficient (Wildman–Crippen LogP) is 4.82. The molecule has 0 aromatic rings. The molecule has 0 spiro atoms. The Morgan fingerprint density at radius 2 is 1.89 bits per heavy atom. The van der Waals surface area contributed by atoms with E-state index in [0.717, 1.165) is 17.8 Å². The molecule has 0 heterocycles. The van der Waals surface area contributed by atoms with Gasteiger partial charge in [0.15, 0.2) is 0 Å². The summed E-state index contributed by atoms with van der Waals surface area (Å²) >= 11 is 0. The zero-order valence-electron chi connectivity index (χ0n) is 13.6. The van der Waals surface area contributed by atoms with Gasteiger partial charge in [0.2, 0.25) is 0 Å². The third-order valence-corrected chi connectivity index (χ3v) is 5.63. The van der Waals surface area contributed by atoms with E-state index in [9.17, 15) is 0 Å². The Morgan fingerprint density at radius 3 is 2.39 bits per heavy atom. The van der Waals surface area contributed by atoms with Crippen LogP contribution in [0.2, 0.25) is 0 Å². The lowest BCUT2D eigenvalue weighted by atomic mass is 9.52. The summed E-state index contributed by atoms with van der Waals surface area (Å²) in [6.07, 6.45) is 6.91. The van der Waals surface area contributed by atoms with Gasteiger partial charge in [-0.15, -0.1) is 0 Å². The van der Waals surface area contributed by atoms with Crippen molar-refractivity contribution >= 4 is 0 Å². The molecule has 0 N–H and O–H groups in total. The van der Waals surface area contributed by atoms with E-state index in [2.05, 4.69) is 46.6 Å². The number of hydrogen-bond donors (Lipinski definition) is 0. The molecule has 3 atom stereocenters. The van der Waals surface area contributed by atoms with Crippen molar-refractivity contribution in [2.75, 3.05) is 20.1 Å². The van der Waals surface area contributed by atoms with Gasteiger partial charge in [-0.25, -0.2) is 0 Å². The molecule has 1 rings (SSSR count). The van der Waals surface area contributed by atoms with Crippen molar-refractivity contribution in [3.05, 3.63) is 0 Å². The van der Waals surface area contributed by atoms with Crippen LogP contribution in [-0.2, 0) is 0 Å². The molecule has 1 aliphatic carbocycles. The summed E-state index contributed by atoms with van der Waals surface area (Å²) in [6, 6.07) is 0. The van der Waals surface area contributed by atoms with Crippen LogP contribution in [0.3, 0.4) is 0 Å². The predicted molar refractivity (Wildman–Crippen MR) is 81.9 cm³/mol. The summed E-state index contributed by atoms with van der Waals surface area (Å²) in [4.78, 5) is 2.53. The second kappa shape index (κ2) is 6.93. The van der Waals surface area contributed by atoms with Gasteiger partial charge in [-0.2, -0.15) is 0 Å². The van der Waals surface area contributed by atoms with Gasteiger partial charge in [0.1, 0.15) is 0 Å². The minimum absolute atomic E-state index is 0.584. The van der Waals surface area contributed by atoms with E-state index < -0.39 is 0 Å². The first-order chi connectivity index (χ1) is 8.39. The van der Waals surface area contributed by atoms with Crippen LogP contribution in [0.5, 0.6) is 0 Å². The minimum atomic E-state index is 0.584. The quantitative estimate of drug-likeness (QED) is 0.561. The van der Waals surface area contributed by atoms with Gasteiger partial charge in [-0.05, 0) is 62.6 Å². The Hall–Kier alpha value is -0.0400. The van der Waals surface area contributed by atoms with Gasteiger partial charge in [-0.3, -0.25) is 0 Å². The molecule has 1 nitrogen and oxygen atoms in total.